The average Bonchev–Trinajstić information content (AvgIpc) is 2.41. The Labute approximate surface area is 116 Å². The average molecular weight is 277 g/mol. The van der Waals surface area contributed by atoms with Gasteiger partial charge in [0.05, 0.1) is 6.20 Å². The van der Waals surface area contributed by atoms with Crippen molar-refractivity contribution in [2.24, 2.45) is 0 Å². The van der Waals surface area contributed by atoms with Crippen LogP contribution in [0.5, 0.6) is 5.75 Å². The number of carbonyl (C=O) groups is 1. The van der Waals surface area contributed by atoms with Gasteiger partial charge in [0.2, 0.25) is 0 Å². The van der Waals surface area contributed by atoms with Crippen molar-refractivity contribution in [3.05, 3.63) is 53.3 Å². The second-order valence-electron chi connectivity index (χ2n) is 3.98. The highest BCUT2D eigenvalue weighted by Gasteiger charge is 2.06. The van der Waals surface area contributed by atoms with E-state index in [0.717, 1.165) is 11.3 Å². The van der Waals surface area contributed by atoms with Crippen LogP contribution in [-0.2, 0) is 4.79 Å². The summed E-state index contributed by atoms with van der Waals surface area (Å²) in [6.45, 7) is 1.82. The lowest BCUT2D eigenvalue weighted by Crippen LogP contribution is -2.20. The molecular formula is C14H13ClN2O2. The van der Waals surface area contributed by atoms with Crippen LogP contribution in [0.4, 0.5) is 5.69 Å². The third-order valence-electron chi connectivity index (χ3n) is 2.47. The number of aryl methyl sites for hydroxylation is 1. The van der Waals surface area contributed by atoms with Gasteiger partial charge in [-0.3, -0.25) is 9.78 Å². The van der Waals surface area contributed by atoms with Crippen LogP contribution in [0, 0.1) is 6.92 Å². The molecular weight excluding hydrogens is 264 g/mol. The number of aromatic nitrogens is 1. The summed E-state index contributed by atoms with van der Waals surface area (Å²) in [4.78, 5) is 15.6. The van der Waals surface area contributed by atoms with E-state index >= 15 is 0 Å². The Morgan fingerprint density at radius 2 is 2.26 bits per heavy atom. The van der Waals surface area contributed by atoms with Gasteiger partial charge in [-0.15, -0.1) is 0 Å². The maximum Gasteiger partial charge on any atom is 0.262 e. The topological polar surface area (TPSA) is 51.2 Å². The van der Waals surface area contributed by atoms with Gasteiger partial charge < -0.3 is 10.1 Å². The van der Waals surface area contributed by atoms with Crippen LogP contribution in [0.25, 0.3) is 0 Å². The molecule has 5 heteroatoms. The fourth-order valence-electron chi connectivity index (χ4n) is 1.53. The zero-order valence-corrected chi connectivity index (χ0v) is 11.1. The minimum absolute atomic E-state index is 0.0617. The summed E-state index contributed by atoms with van der Waals surface area (Å²) in [5.74, 6) is 0.333. The fraction of sp³-hybridized carbons (Fsp3) is 0.143. The number of hydrogen-bond donors (Lipinski definition) is 1. The molecule has 1 heterocycles. The van der Waals surface area contributed by atoms with Crippen molar-refractivity contribution >= 4 is 23.2 Å². The second kappa shape index (κ2) is 6.20. The van der Waals surface area contributed by atoms with Crippen LogP contribution in [0.2, 0.25) is 5.02 Å². The summed E-state index contributed by atoms with van der Waals surface area (Å²) in [5, 5.41) is 3.41. The number of anilines is 1. The molecule has 0 bridgehead atoms. The van der Waals surface area contributed by atoms with Crippen molar-refractivity contribution < 1.29 is 9.53 Å². The predicted molar refractivity (Wildman–Crippen MR) is 74.6 cm³/mol. The number of carbonyl (C=O) groups excluding carboxylic acids is 1. The Kier molecular flexibility index (Phi) is 4.36. The van der Waals surface area contributed by atoms with E-state index in [2.05, 4.69) is 10.3 Å². The molecule has 0 spiro atoms. The Hall–Kier alpha value is -2.07. The van der Waals surface area contributed by atoms with Crippen LogP contribution in [0.3, 0.4) is 0 Å². The van der Waals surface area contributed by atoms with Crippen molar-refractivity contribution in [2.75, 3.05) is 11.9 Å². The maximum atomic E-state index is 11.7. The molecule has 0 aliphatic heterocycles. The number of benzene rings is 1. The smallest absolute Gasteiger partial charge is 0.262 e. The molecule has 1 amide bonds. The van der Waals surface area contributed by atoms with Gasteiger partial charge in [0.15, 0.2) is 6.61 Å². The van der Waals surface area contributed by atoms with Gasteiger partial charge in [-0.1, -0.05) is 11.6 Å². The normalized spacial score (nSPS) is 10.0. The fourth-order valence-corrected chi connectivity index (χ4v) is 1.76. The maximum absolute atomic E-state index is 11.7. The highest BCUT2D eigenvalue weighted by Crippen LogP contribution is 2.19. The predicted octanol–water partition coefficient (Wildman–Crippen LogP) is 3.06. The summed E-state index contributed by atoms with van der Waals surface area (Å²) in [6.07, 6.45) is 3.20. The Balaban J connectivity index is 1.91. The summed E-state index contributed by atoms with van der Waals surface area (Å²) >= 11 is 5.85. The first-order valence-electron chi connectivity index (χ1n) is 5.74. The van der Waals surface area contributed by atoms with E-state index in [1.165, 1.54) is 0 Å². The van der Waals surface area contributed by atoms with Crippen molar-refractivity contribution in [3.63, 3.8) is 0 Å². The van der Waals surface area contributed by atoms with E-state index in [0.29, 0.717) is 10.8 Å². The molecule has 0 aliphatic rings. The largest absolute Gasteiger partial charge is 0.482 e. The summed E-state index contributed by atoms with van der Waals surface area (Å²) in [6, 6.07) is 8.77. The van der Waals surface area contributed by atoms with Crippen LogP contribution in [0.15, 0.2) is 42.7 Å². The molecule has 1 N–H and O–H groups in total. The minimum Gasteiger partial charge on any atom is -0.482 e. The van der Waals surface area contributed by atoms with Gasteiger partial charge in [-0.25, -0.2) is 0 Å². The number of ether oxygens (including phenoxy) is 1. The lowest BCUT2D eigenvalue weighted by atomic mass is 10.2. The number of rotatable bonds is 4. The Morgan fingerprint density at radius 1 is 1.42 bits per heavy atom. The molecule has 4 nitrogen and oxygen atoms in total. The molecule has 0 radical (unpaired) electrons. The molecule has 2 aromatic rings. The number of nitrogens with one attached hydrogen (secondary N) is 1. The van der Waals surface area contributed by atoms with Gasteiger partial charge in [-0.05, 0) is 42.8 Å². The first-order valence-corrected chi connectivity index (χ1v) is 6.12. The van der Waals surface area contributed by atoms with E-state index in [9.17, 15) is 4.79 Å². The van der Waals surface area contributed by atoms with E-state index in [4.69, 9.17) is 16.3 Å². The van der Waals surface area contributed by atoms with E-state index < -0.39 is 0 Å². The third kappa shape index (κ3) is 3.96. The quantitative estimate of drug-likeness (QED) is 0.934. The highest BCUT2D eigenvalue weighted by atomic mass is 35.5. The first-order chi connectivity index (χ1) is 9.15. The summed E-state index contributed by atoms with van der Waals surface area (Å²) in [7, 11) is 0. The van der Waals surface area contributed by atoms with Crippen molar-refractivity contribution in [1.29, 1.82) is 0 Å². The van der Waals surface area contributed by atoms with Crippen molar-refractivity contribution in [2.45, 2.75) is 6.92 Å². The van der Waals surface area contributed by atoms with Crippen molar-refractivity contribution in [1.82, 2.24) is 4.98 Å². The zero-order chi connectivity index (χ0) is 13.7. The number of nitrogens with zero attached hydrogens (tertiary/aromatic N) is 1. The summed E-state index contributed by atoms with van der Waals surface area (Å²) < 4.78 is 5.30. The molecule has 0 saturated heterocycles. The molecule has 0 unspecified atom stereocenters. The number of hydrogen-bond acceptors (Lipinski definition) is 3. The van der Waals surface area contributed by atoms with Gasteiger partial charge in [0.25, 0.3) is 5.91 Å². The highest BCUT2D eigenvalue weighted by molar-refractivity contribution is 6.30. The molecule has 0 aliphatic carbocycles. The lowest BCUT2D eigenvalue weighted by Gasteiger charge is -2.09. The van der Waals surface area contributed by atoms with Crippen LogP contribution >= 0.6 is 11.6 Å². The molecule has 0 atom stereocenters. The van der Waals surface area contributed by atoms with Gasteiger partial charge in [-0.2, -0.15) is 0 Å². The number of halogens is 1. The molecule has 0 fully saturated rings. The SMILES string of the molecule is Cc1cc(Cl)ccc1NC(=O)COc1cccnc1. The first kappa shape index (κ1) is 13.4. The van der Waals surface area contributed by atoms with Crippen LogP contribution < -0.4 is 10.1 Å². The van der Waals surface area contributed by atoms with E-state index in [-0.39, 0.29) is 12.5 Å². The Bertz CT molecular complexity index is 573. The van der Waals surface area contributed by atoms with E-state index in [1.807, 2.05) is 6.92 Å². The monoisotopic (exact) mass is 276 g/mol. The van der Waals surface area contributed by atoms with Gasteiger partial charge in [0.1, 0.15) is 5.75 Å². The molecule has 0 saturated carbocycles. The second-order valence-corrected chi connectivity index (χ2v) is 4.42. The standard InChI is InChI=1S/C14H13ClN2O2/c1-10-7-11(15)4-5-13(10)17-14(18)9-19-12-3-2-6-16-8-12/h2-8H,9H2,1H3,(H,17,18). The van der Waals surface area contributed by atoms with E-state index in [1.54, 1.807) is 42.7 Å². The van der Waals surface area contributed by atoms with Crippen molar-refractivity contribution in [3.8, 4) is 5.75 Å². The lowest BCUT2D eigenvalue weighted by molar-refractivity contribution is -0.118. The molecule has 1 aromatic heterocycles. The van der Waals surface area contributed by atoms with Crippen LogP contribution in [0.1, 0.15) is 5.56 Å². The third-order valence-corrected chi connectivity index (χ3v) is 2.70. The number of amides is 1. The molecule has 1 aromatic carbocycles. The molecule has 2 rings (SSSR count). The summed E-state index contributed by atoms with van der Waals surface area (Å²) in [5.41, 5.74) is 1.63. The molecule has 98 valence electrons. The van der Waals surface area contributed by atoms with Gasteiger partial charge in [0, 0.05) is 16.9 Å². The zero-order valence-electron chi connectivity index (χ0n) is 10.4. The minimum atomic E-state index is -0.228. The Morgan fingerprint density at radius 3 is 2.95 bits per heavy atom. The van der Waals surface area contributed by atoms with Crippen LogP contribution in [-0.4, -0.2) is 17.5 Å². The van der Waals surface area contributed by atoms with Gasteiger partial charge >= 0.3 is 0 Å². The number of pyridine rings is 1. The molecule has 19 heavy (non-hydrogen) atoms.